The van der Waals surface area contributed by atoms with Crippen molar-refractivity contribution in [2.45, 2.75) is 6.61 Å². The van der Waals surface area contributed by atoms with Crippen LogP contribution in [0.5, 0.6) is 5.75 Å². The Morgan fingerprint density at radius 1 is 1.10 bits per heavy atom. The molecular formula is C16H13Cl2NO. The van der Waals surface area contributed by atoms with Gasteiger partial charge in [-0.25, -0.2) is 0 Å². The van der Waals surface area contributed by atoms with Crippen LogP contribution in [0.1, 0.15) is 11.1 Å². The lowest BCUT2D eigenvalue weighted by atomic mass is 10.1. The fraction of sp³-hybridized carbons (Fsp3) is 0.125. The van der Waals surface area contributed by atoms with Crippen LogP contribution in [0.15, 0.2) is 42.5 Å². The van der Waals surface area contributed by atoms with Gasteiger partial charge in [0.15, 0.2) is 0 Å². The van der Waals surface area contributed by atoms with Gasteiger partial charge in [-0.1, -0.05) is 53.2 Å². The molecular weight excluding hydrogens is 293 g/mol. The van der Waals surface area contributed by atoms with Crippen LogP contribution in [0.25, 0.3) is 0 Å². The molecule has 2 nitrogen and oxygen atoms in total. The van der Waals surface area contributed by atoms with Gasteiger partial charge in [-0.15, -0.1) is 0 Å². The van der Waals surface area contributed by atoms with Gasteiger partial charge < -0.3 is 10.5 Å². The molecule has 0 heterocycles. The van der Waals surface area contributed by atoms with Crippen molar-refractivity contribution in [3.05, 3.63) is 63.6 Å². The standard InChI is InChI=1S/C16H13Cl2NO/c17-14-7-8-16(15(18)10-14)20-11-13-5-2-1-4-12(13)6-3-9-19/h1-2,4-5,7-8,10H,9,11,19H2. The van der Waals surface area contributed by atoms with Crippen LogP contribution < -0.4 is 10.5 Å². The van der Waals surface area contributed by atoms with Crippen LogP contribution in [0.3, 0.4) is 0 Å². The Labute approximate surface area is 128 Å². The second-order valence-electron chi connectivity index (χ2n) is 4.03. The van der Waals surface area contributed by atoms with Crippen molar-refractivity contribution in [3.63, 3.8) is 0 Å². The summed E-state index contributed by atoms with van der Waals surface area (Å²) in [6.45, 7) is 0.717. The topological polar surface area (TPSA) is 35.2 Å². The maximum Gasteiger partial charge on any atom is 0.138 e. The van der Waals surface area contributed by atoms with Crippen molar-refractivity contribution in [1.29, 1.82) is 0 Å². The Hall–Kier alpha value is -1.66. The lowest BCUT2D eigenvalue weighted by Gasteiger charge is -2.09. The van der Waals surface area contributed by atoms with Gasteiger partial charge in [0, 0.05) is 16.1 Å². The van der Waals surface area contributed by atoms with E-state index in [1.54, 1.807) is 18.2 Å². The second-order valence-corrected chi connectivity index (χ2v) is 4.87. The highest BCUT2D eigenvalue weighted by atomic mass is 35.5. The van der Waals surface area contributed by atoms with Crippen LogP contribution in [-0.4, -0.2) is 6.54 Å². The number of ether oxygens (including phenoxy) is 1. The maximum absolute atomic E-state index is 6.07. The van der Waals surface area contributed by atoms with Crippen LogP contribution in [0.2, 0.25) is 10.0 Å². The molecule has 0 amide bonds. The van der Waals surface area contributed by atoms with E-state index in [4.69, 9.17) is 33.7 Å². The monoisotopic (exact) mass is 305 g/mol. The van der Waals surface area contributed by atoms with E-state index in [0.29, 0.717) is 28.9 Å². The minimum atomic E-state index is 0.332. The van der Waals surface area contributed by atoms with Crippen LogP contribution >= 0.6 is 23.2 Å². The molecule has 0 spiro atoms. The third kappa shape index (κ3) is 3.91. The predicted octanol–water partition coefficient (Wildman–Crippen LogP) is 3.88. The fourth-order valence-electron chi connectivity index (χ4n) is 1.66. The normalized spacial score (nSPS) is 9.75. The zero-order valence-electron chi connectivity index (χ0n) is 10.7. The van der Waals surface area contributed by atoms with E-state index in [0.717, 1.165) is 11.1 Å². The number of halogens is 2. The summed E-state index contributed by atoms with van der Waals surface area (Å²) in [5, 5.41) is 1.07. The Morgan fingerprint density at radius 2 is 1.90 bits per heavy atom. The van der Waals surface area contributed by atoms with Gasteiger partial charge >= 0.3 is 0 Å². The summed E-state index contributed by atoms with van der Waals surface area (Å²) in [5.74, 6) is 6.46. The van der Waals surface area contributed by atoms with Crippen LogP contribution in [0.4, 0.5) is 0 Å². The van der Waals surface area contributed by atoms with Gasteiger partial charge in [-0.2, -0.15) is 0 Å². The van der Waals surface area contributed by atoms with Crippen molar-refractivity contribution in [2.75, 3.05) is 6.54 Å². The molecule has 0 saturated carbocycles. The van der Waals surface area contributed by atoms with Gasteiger partial charge in [-0.05, 0) is 24.3 Å². The molecule has 0 aromatic heterocycles. The summed E-state index contributed by atoms with van der Waals surface area (Å²) >= 11 is 11.9. The Bertz CT molecular complexity index is 659. The summed E-state index contributed by atoms with van der Waals surface area (Å²) in [7, 11) is 0. The molecule has 0 aliphatic heterocycles. The molecule has 2 aromatic rings. The van der Waals surface area contributed by atoms with E-state index in [2.05, 4.69) is 11.8 Å². The zero-order valence-corrected chi connectivity index (χ0v) is 12.2. The molecule has 0 unspecified atom stereocenters. The highest BCUT2D eigenvalue weighted by Gasteiger charge is 2.04. The SMILES string of the molecule is NCC#Cc1ccccc1COc1ccc(Cl)cc1Cl. The largest absolute Gasteiger partial charge is 0.487 e. The Kier molecular flexibility index (Phi) is 5.31. The zero-order chi connectivity index (χ0) is 14.4. The minimum Gasteiger partial charge on any atom is -0.487 e. The van der Waals surface area contributed by atoms with E-state index in [-0.39, 0.29) is 0 Å². The molecule has 0 bridgehead atoms. The molecule has 2 aromatic carbocycles. The molecule has 20 heavy (non-hydrogen) atoms. The highest BCUT2D eigenvalue weighted by molar-refractivity contribution is 6.35. The number of benzene rings is 2. The summed E-state index contributed by atoms with van der Waals surface area (Å²) in [6.07, 6.45) is 0. The van der Waals surface area contributed by atoms with Gasteiger partial charge in [0.05, 0.1) is 11.6 Å². The van der Waals surface area contributed by atoms with Gasteiger partial charge in [0.25, 0.3) is 0 Å². The quantitative estimate of drug-likeness (QED) is 0.873. The van der Waals surface area contributed by atoms with E-state index in [1.807, 2.05) is 24.3 Å². The molecule has 0 aliphatic rings. The molecule has 0 fully saturated rings. The average Bonchev–Trinajstić information content (AvgIpc) is 2.45. The first kappa shape index (κ1) is 14.7. The molecule has 0 atom stereocenters. The molecule has 2 rings (SSSR count). The third-order valence-corrected chi connectivity index (χ3v) is 3.15. The van der Waals surface area contributed by atoms with Gasteiger partial charge in [0.1, 0.15) is 12.4 Å². The Morgan fingerprint density at radius 3 is 2.65 bits per heavy atom. The van der Waals surface area contributed by atoms with Crippen molar-refractivity contribution in [1.82, 2.24) is 0 Å². The van der Waals surface area contributed by atoms with Gasteiger partial charge in [0.2, 0.25) is 0 Å². The number of nitrogens with two attached hydrogens (primary N) is 1. The van der Waals surface area contributed by atoms with E-state index in [9.17, 15) is 0 Å². The fourth-order valence-corrected chi connectivity index (χ4v) is 2.13. The van der Waals surface area contributed by atoms with E-state index >= 15 is 0 Å². The van der Waals surface area contributed by atoms with Crippen LogP contribution in [0, 0.1) is 11.8 Å². The van der Waals surface area contributed by atoms with Crippen LogP contribution in [-0.2, 0) is 6.61 Å². The molecule has 0 aliphatic carbocycles. The summed E-state index contributed by atoms with van der Waals surface area (Å²) in [5.41, 5.74) is 7.28. The lowest BCUT2D eigenvalue weighted by Crippen LogP contribution is -1.99. The molecule has 4 heteroatoms. The molecule has 2 N–H and O–H groups in total. The number of hydrogen-bond donors (Lipinski definition) is 1. The maximum atomic E-state index is 6.07. The highest BCUT2D eigenvalue weighted by Crippen LogP contribution is 2.28. The summed E-state index contributed by atoms with van der Waals surface area (Å²) in [4.78, 5) is 0. The molecule has 0 saturated heterocycles. The number of rotatable bonds is 3. The third-order valence-electron chi connectivity index (χ3n) is 2.62. The average molecular weight is 306 g/mol. The van der Waals surface area contributed by atoms with Crippen molar-refractivity contribution < 1.29 is 4.74 Å². The van der Waals surface area contributed by atoms with Crippen molar-refractivity contribution >= 4 is 23.2 Å². The lowest BCUT2D eigenvalue weighted by molar-refractivity contribution is 0.306. The van der Waals surface area contributed by atoms with E-state index in [1.165, 1.54) is 0 Å². The first-order chi connectivity index (χ1) is 9.70. The smallest absolute Gasteiger partial charge is 0.138 e. The van der Waals surface area contributed by atoms with E-state index < -0.39 is 0 Å². The van der Waals surface area contributed by atoms with Crippen molar-refractivity contribution in [2.24, 2.45) is 5.73 Å². The Balaban J connectivity index is 2.14. The van der Waals surface area contributed by atoms with Crippen molar-refractivity contribution in [3.8, 4) is 17.6 Å². The summed E-state index contributed by atoms with van der Waals surface area (Å²) in [6, 6.07) is 12.9. The minimum absolute atomic E-state index is 0.332. The summed E-state index contributed by atoms with van der Waals surface area (Å²) < 4.78 is 5.71. The number of hydrogen-bond acceptors (Lipinski definition) is 2. The molecule has 0 radical (unpaired) electrons. The first-order valence-electron chi connectivity index (χ1n) is 6.05. The first-order valence-corrected chi connectivity index (χ1v) is 6.81. The predicted molar refractivity (Wildman–Crippen MR) is 83.2 cm³/mol. The molecule has 102 valence electrons. The second kappa shape index (κ2) is 7.21. The van der Waals surface area contributed by atoms with Gasteiger partial charge in [-0.3, -0.25) is 0 Å².